The Labute approximate surface area is 101 Å². The van der Waals surface area contributed by atoms with Crippen LogP contribution in [0.4, 0.5) is 0 Å². The van der Waals surface area contributed by atoms with Gasteiger partial charge < -0.3 is 9.84 Å². The number of fused-ring (bicyclic) bond motifs is 1. The Kier molecular flexibility index (Phi) is 2.19. The van der Waals surface area contributed by atoms with Crippen molar-refractivity contribution < 1.29 is 14.6 Å². The molecule has 0 saturated heterocycles. The molecule has 3 rings (SSSR count). The number of allylic oxidation sites excluding steroid dienone is 1. The van der Waals surface area contributed by atoms with E-state index in [1.165, 1.54) is 23.5 Å². The van der Waals surface area contributed by atoms with Gasteiger partial charge in [-0.3, -0.25) is 4.79 Å². The normalized spacial score (nSPS) is 16.0. The number of hydrogen-bond donors (Lipinski definition) is 1. The molecule has 0 radical (unpaired) electrons. The minimum Gasteiger partial charge on any atom is -0.508 e. The SMILES string of the molecule is O=C1/C(=C/c2cscn2)Oc2cc(O)ccc21. The molecule has 5 heteroatoms. The van der Waals surface area contributed by atoms with Gasteiger partial charge in [0.25, 0.3) is 0 Å². The Balaban J connectivity index is 2.02. The van der Waals surface area contributed by atoms with Crippen molar-refractivity contribution >= 4 is 23.2 Å². The van der Waals surface area contributed by atoms with Gasteiger partial charge in [0.05, 0.1) is 16.8 Å². The maximum absolute atomic E-state index is 11.9. The van der Waals surface area contributed by atoms with Crippen molar-refractivity contribution in [1.29, 1.82) is 0 Å². The number of rotatable bonds is 1. The minimum absolute atomic E-state index is 0.0754. The zero-order chi connectivity index (χ0) is 11.8. The van der Waals surface area contributed by atoms with Crippen molar-refractivity contribution in [2.24, 2.45) is 0 Å². The predicted octanol–water partition coefficient (Wildman–Crippen LogP) is 2.46. The Morgan fingerprint density at radius 3 is 3.06 bits per heavy atom. The molecule has 0 amide bonds. The third kappa shape index (κ3) is 1.70. The van der Waals surface area contributed by atoms with Crippen LogP contribution in [-0.2, 0) is 0 Å². The Bertz CT molecular complexity index is 617. The molecule has 4 nitrogen and oxygen atoms in total. The number of nitrogens with zero attached hydrogens (tertiary/aromatic N) is 1. The zero-order valence-corrected chi connectivity index (χ0v) is 9.40. The molecule has 2 aromatic rings. The lowest BCUT2D eigenvalue weighted by molar-refractivity contribution is 0.101. The first-order valence-corrected chi connectivity index (χ1v) is 5.84. The zero-order valence-electron chi connectivity index (χ0n) is 8.58. The molecule has 84 valence electrons. The Morgan fingerprint density at radius 1 is 1.41 bits per heavy atom. The second-order valence-corrected chi connectivity index (χ2v) is 4.25. The molecule has 0 saturated carbocycles. The van der Waals surface area contributed by atoms with Crippen LogP contribution < -0.4 is 4.74 Å². The van der Waals surface area contributed by atoms with Crippen molar-refractivity contribution in [2.45, 2.75) is 0 Å². The van der Waals surface area contributed by atoms with Crippen molar-refractivity contribution in [3.8, 4) is 11.5 Å². The van der Waals surface area contributed by atoms with E-state index in [4.69, 9.17) is 4.74 Å². The number of carbonyl (C=O) groups is 1. The van der Waals surface area contributed by atoms with E-state index in [0.717, 1.165) is 0 Å². The maximum atomic E-state index is 11.9. The average Bonchev–Trinajstić information content (AvgIpc) is 2.89. The summed E-state index contributed by atoms with van der Waals surface area (Å²) in [6.45, 7) is 0. The van der Waals surface area contributed by atoms with Gasteiger partial charge in [0.1, 0.15) is 11.5 Å². The van der Waals surface area contributed by atoms with E-state index in [1.54, 1.807) is 17.7 Å². The van der Waals surface area contributed by atoms with Crippen molar-refractivity contribution in [3.05, 3.63) is 46.1 Å². The van der Waals surface area contributed by atoms with Gasteiger partial charge in [-0.05, 0) is 12.1 Å². The highest BCUT2D eigenvalue weighted by Gasteiger charge is 2.27. The quantitative estimate of drug-likeness (QED) is 0.784. The number of phenols is 1. The fourth-order valence-corrected chi connectivity index (χ4v) is 2.11. The lowest BCUT2D eigenvalue weighted by Gasteiger charge is -1.97. The molecule has 1 aromatic heterocycles. The summed E-state index contributed by atoms with van der Waals surface area (Å²) >= 11 is 1.45. The number of thiazole rings is 1. The summed E-state index contributed by atoms with van der Waals surface area (Å²) in [4.78, 5) is 16.0. The first kappa shape index (κ1) is 10.0. The molecule has 0 atom stereocenters. The van der Waals surface area contributed by atoms with Gasteiger partial charge in [0.15, 0.2) is 5.76 Å². The Morgan fingerprint density at radius 2 is 2.29 bits per heavy atom. The molecule has 0 spiro atoms. The van der Waals surface area contributed by atoms with E-state index < -0.39 is 0 Å². The molecule has 0 unspecified atom stereocenters. The topological polar surface area (TPSA) is 59.4 Å². The van der Waals surface area contributed by atoms with Gasteiger partial charge in [0.2, 0.25) is 5.78 Å². The van der Waals surface area contributed by atoms with Crippen LogP contribution in [0.2, 0.25) is 0 Å². The Hall–Kier alpha value is -2.14. The predicted molar refractivity (Wildman–Crippen MR) is 63.2 cm³/mol. The number of Topliss-reactive ketones (excluding diaryl/α,β-unsaturated/α-hetero) is 1. The third-order valence-electron chi connectivity index (χ3n) is 2.38. The summed E-state index contributed by atoms with van der Waals surface area (Å²) < 4.78 is 5.39. The van der Waals surface area contributed by atoms with Crippen LogP contribution in [0.1, 0.15) is 16.1 Å². The number of aromatic nitrogens is 1. The number of ketones is 1. The second-order valence-electron chi connectivity index (χ2n) is 3.53. The fourth-order valence-electron chi connectivity index (χ4n) is 1.60. The standard InChI is InChI=1S/C12H7NO3S/c14-8-1-2-9-10(4-8)16-11(12(9)15)3-7-5-17-6-13-7/h1-6,14H/b11-3-. The average molecular weight is 245 g/mol. The van der Waals surface area contributed by atoms with Crippen LogP contribution >= 0.6 is 11.3 Å². The van der Waals surface area contributed by atoms with Gasteiger partial charge in [-0.1, -0.05) is 0 Å². The summed E-state index contributed by atoms with van der Waals surface area (Å²) in [6, 6.07) is 4.44. The number of carbonyl (C=O) groups excluding carboxylic acids is 1. The largest absolute Gasteiger partial charge is 0.508 e. The molecule has 0 aliphatic carbocycles. The summed E-state index contributed by atoms with van der Waals surface area (Å²) in [5.74, 6) is 0.507. The number of phenolic OH excluding ortho intramolecular Hbond substituents is 1. The van der Waals surface area contributed by atoms with Gasteiger partial charge in [-0.25, -0.2) is 4.98 Å². The van der Waals surface area contributed by atoms with Crippen LogP contribution in [0.5, 0.6) is 11.5 Å². The molecular weight excluding hydrogens is 238 g/mol. The monoisotopic (exact) mass is 245 g/mol. The summed E-state index contributed by atoms with van der Waals surface area (Å²) in [5, 5.41) is 11.1. The highest BCUT2D eigenvalue weighted by molar-refractivity contribution is 7.07. The van der Waals surface area contributed by atoms with Crippen LogP contribution in [0.15, 0.2) is 34.8 Å². The minimum atomic E-state index is -0.187. The molecule has 17 heavy (non-hydrogen) atoms. The van der Waals surface area contributed by atoms with Crippen molar-refractivity contribution in [2.75, 3.05) is 0 Å². The number of hydrogen-bond acceptors (Lipinski definition) is 5. The van der Waals surface area contributed by atoms with E-state index in [9.17, 15) is 9.90 Å². The smallest absolute Gasteiger partial charge is 0.232 e. The molecule has 1 aliphatic heterocycles. The summed E-state index contributed by atoms with van der Waals surface area (Å²) in [6.07, 6.45) is 1.59. The summed E-state index contributed by atoms with van der Waals surface area (Å²) in [7, 11) is 0. The van der Waals surface area contributed by atoms with Gasteiger partial charge in [0, 0.05) is 17.5 Å². The van der Waals surface area contributed by atoms with Gasteiger partial charge in [-0.2, -0.15) is 0 Å². The lowest BCUT2D eigenvalue weighted by Crippen LogP contribution is -1.97. The van der Waals surface area contributed by atoms with Crippen molar-refractivity contribution in [3.63, 3.8) is 0 Å². The molecule has 1 aliphatic rings. The van der Waals surface area contributed by atoms with E-state index in [2.05, 4.69) is 4.98 Å². The third-order valence-corrected chi connectivity index (χ3v) is 2.99. The van der Waals surface area contributed by atoms with E-state index in [0.29, 0.717) is 17.0 Å². The van der Waals surface area contributed by atoms with E-state index >= 15 is 0 Å². The molecule has 2 heterocycles. The summed E-state index contributed by atoms with van der Waals surface area (Å²) in [5.41, 5.74) is 2.84. The van der Waals surface area contributed by atoms with Gasteiger partial charge in [-0.15, -0.1) is 11.3 Å². The van der Waals surface area contributed by atoms with Gasteiger partial charge >= 0.3 is 0 Å². The number of aromatic hydroxyl groups is 1. The molecule has 0 fully saturated rings. The van der Waals surface area contributed by atoms with E-state index in [-0.39, 0.29) is 17.3 Å². The van der Waals surface area contributed by atoms with Crippen LogP contribution in [0, 0.1) is 0 Å². The molecule has 1 N–H and O–H groups in total. The van der Waals surface area contributed by atoms with Crippen LogP contribution in [-0.4, -0.2) is 15.9 Å². The first-order valence-electron chi connectivity index (χ1n) is 4.89. The first-order chi connectivity index (χ1) is 8.24. The lowest BCUT2D eigenvalue weighted by atomic mass is 10.1. The highest BCUT2D eigenvalue weighted by Crippen LogP contribution is 2.34. The van der Waals surface area contributed by atoms with Crippen LogP contribution in [0.25, 0.3) is 6.08 Å². The highest BCUT2D eigenvalue weighted by atomic mass is 32.1. The second kappa shape index (κ2) is 3.71. The molecule has 0 bridgehead atoms. The number of benzene rings is 1. The van der Waals surface area contributed by atoms with Crippen LogP contribution in [0.3, 0.4) is 0 Å². The maximum Gasteiger partial charge on any atom is 0.232 e. The fraction of sp³-hybridized carbons (Fsp3) is 0. The molecule has 1 aromatic carbocycles. The molecular formula is C12H7NO3S. The number of ether oxygens (including phenoxy) is 1. The van der Waals surface area contributed by atoms with E-state index in [1.807, 2.05) is 5.38 Å². The van der Waals surface area contributed by atoms with Crippen molar-refractivity contribution in [1.82, 2.24) is 4.98 Å².